The second-order valence-electron chi connectivity index (χ2n) is 4.40. The van der Waals surface area contributed by atoms with Crippen molar-refractivity contribution in [2.75, 3.05) is 20.5 Å². The third-order valence-corrected chi connectivity index (χ3v) is 2.94. The van der Waals surface area contributed by atoms with E-state index in [0.717, 1.165) is 11.3 Å². The van der Waals surface area contributed by atoms with Gasteiger partial charge in [0.05, 0.1) is 12.6 Å². The topological polar surface area (TPSA) is 82.8 Å². The number of hydrogen-bond acceptors (Lipinski definition) is 5. The molecule has 1 aromatic carbocycles. The van der Waals surface area contributed by atoms with Crippen LogP contribution in [0.2, 0.25) is 0 Å². The van der Waals surface area contributed by atoms with Crippen LogP contribution in [0.25, 0.3) is 0 Å². The monoisotopic (exact) mass is 302 g/mol. The van der Waals surface area contributed by atoms with E-state index in [1.807, 2.05) is 25.1 Å². The van der Waals surface area contributed by atoms with Gasteiger partial charge in [-0.05, 0) is 24.6 Å². The number of nitrogens with two attached hydrogens (primary N) is 1. The summed E-state index contributed by atoms with van der Waals surface area (Å²) >= 11 is 0. The van der Waals surface area contributed by atoms with E-state index in [0.29, 0.717) is 5.75 Å². The van der Waals surface area contributed by atoms with E-state index in [2.05, 4.69) is 5.32 Å². The Hall–Kier alpha value is -1.50. The lowest BCUT2D eigenvalue weighted by Crippen LogP contribution is -2.44. The molecule has 0 bridgehead atoms. The maximum Gasteiger partial charge on any atom is 0.239 e. The fraction of sp³-hybridized carbons (Fsp3) is 0.462. The highest BCUT2D eigenvalue weighted by molar-refractivity contribution is 5.85. The minimum Gasteiger partial charge on any atom is -0.454 e. The molecule has 7 heteroatoms. The molecule has 0 aliphatic carbocycles. The van der Waals surface area contributed by atoms with Crippen molar-refractivity contribution < 1.29 is 19.0 Å². The maximum absolute atomic E-state index is 11.8. The molecule has 0 saturated heterocycles. The normalized spacial score (nSPS) is 15.2. The summed E-state index contributed by atoms with van der Waals surface area (Å²) in [6.45, 7) is 2.31. The van der Waals surface area contributed by atoms with Gasteiger partial charge >= 0.3 is 0 Å². The molecular formula is C13H19ClN2O4. The van der Waals surface area contributed by atoms with Crippen LogP contribution in [-0.4, -0.2) is 32.5 Å². The Morgan fingerprint density at radius 1 is 1.45 bits per heavy atom. The molecule has 1 aliphatic heterocycles. The molecule has 1 aliphatic rings. The smallest absolute Gasteiger partial charge is 0.239 e. The summed E-state index contributed by atoms with van der Waals surface area (Å²) in [6, 6.07) is 4.75. The van der Waals surface area contributed by atoms with E-state index in [4.69, 9.17) is 19.9 Å². The van der Waals surface area contributed by atoms with Crippen LogP contribution in [0.4, 0.5) is 0 Å². The highest BCUT2D eigenvalue weighted by Crippen LogP contribution is 2.34. The third-order valence-electron chi connectivity index (χ3n) is 2.94. The summed E-state index contributed by atoms with van der Waals surface area (Å²) in [5.41, 5.74) is 6.60. The van der Waals surface area contributed by atoms with E-state index < -0.39 is 6.04 Å². The van der Waals surface area contributed by atoms with E-state index >= 15 is 0 Å². The Morgan fingerprint density at radius 2 is 2.15 bits per heavy atom. The molecule has 112 valence electrons. The molecular weight excluding hydrogens is 284 g/mol. The molecule has 1 amide bonds. The molecule has 20 heavy (non-hydrogen) atoms. The van der Waals surface area contributed by atoms with Gasteiger partial charge in [-0.2, -0.15) is 0 Å². The van der Waals surface area contributed by atoms with Gasteiger partial charge in [-0.15, -0.1) is 12.4 Å². The Bertz CT molecular complexity index is 470. The highest BCUT2D eigenvalue weighted by Gasteiger charge is 2.19. The SMILES string of the molecule is COCC(N)C(=O)NC(C)c1ccc2c(c1)OCO2.Cl. The first-order chi connectivity index (χ1) is 9.11. The molecule has 6 nitrogen and oxygen atoms in total. The molecule has 1 heterocycles. The zero-order chi connectivity index (χ0) is 13.8. The van der Waals surface area contributed by atoms with Crippen LogP contribution in [0.15, 0.2) is 18.2 Å². The van der Waals surface area contributed by atoms with Crippen LogP contribution in [0, 0.1) is 0 Å². The summed E-state index contributed by atoms with van der Waals surface area (Å²) in [4.78, 5) is 11.8. The van der Waals surface area contributed by atoms with Gasteiger partial charge in [0.1, 0.15) is 6.04 Å². The fourth-order valence-electron chi connectivity index (χ4n) is 1.84. The Kier molecular flexibility index (Phi) is 6.06. The van der Waals surface area contributed by atoms with Crippen molar-refractivity contribution in [1.29, 1.82) is 0 Å². The van der Waals surface area contributed by atoms with Gasteiger partial charge in [0.25, 0.3) is 0 Å². The standard InChI is InChI=1S/C13H18N2O4.ClH/c1-8(15-13(16)10(14)6-17-2)9-3-4-11-12(5-9)19-7-18-11;/h3-5,8,10H,6-7,14H2,1-2H3,(H,15,16);1H. The van der Waals surface area contributed by atoms with Crippen molar-refractivity contribution in [3.05, 3.63) is 23.8 Å². The molecule has 3 N–H and O–H groups in total. The van der Waals surface area contributed by atoms with E-state index in [-0.39, 0.29) is 37.8 Å². The minimum absolute atomic E-state index is 0. The lowest BCUT2D eigenvalue weighted by Gasteiger charge is -2.17. The van der Waals surface area contributed by atoms with E-state index in [1.54, 1.807) is 0 Å². The van der Waals surface area contributed by atoms with Crippen molar-refractivity contribution in [1.82, 2.24) is 5.32 Å². The lowest BCUT2D eigenvalue weighted by molar-refractivity contribution is -0.124. The Balaban J connectivity index is 0.00000200. The van der Waals surface area contributed by atoms with Crippen LogP contribution in [0.1, 0.15) is 18.5 Å². The van der Waals surface area contributed by atoms with Gasteiger partial charge in [0.2, 0.25) is 12.7 Å². The van der Waals surface area contributed by atoms with Gasteiger partial charge in [0.15, 0.2) is 11.5 Å². The number of fused-ring (bicyclic) bond motifs is 1. The van der Waals surface area contributed by atoms with Crippen molar-refractivity contribution >= 4 is 18.3 Å². The van der Waals surface area contributed by atoms with Crippen LogP contribution in [0.5, 0.6) is 11.5 Å². The molecule has 0 spiro atoms. The second-order valence-corrected chi connectivity index (χ2v) is 4.40. The number of hydrogen-bond donors (Lipinski definition) is 2. The molecule has 2 atom stereocenters. The number of methoxy groups -OCH3 is 1. The number of halogens is 1. The van der Waals surface area contributed by atoms with Crippen molar-refractivity contribution in [3.8, 4) is 11.5 Å². The number of amides is 1. The first-order valence-corrected chi connectivity index (χ1v) is 6.06. The summed E-state index contributed by atoms with van der Waals surface area (Å²) in [6.07, 6.45) is 0. The van der Waals surface area contributed by atoms with Crippen LogP contribution in [0.3, 0.4) is 0 Å². The van der Waals surface area contributed by atoms with Gasteiger partial charge in [-0.1, -0.05) is 6.07 Å². The summed E-state index contributed by atoms with van der Waals surface area (Å²) in [5, 5.41) is 2.83. The third kappa shape index (κ3) is 3.75. The minimum atomic E-state index is -0.665. The van der Waals surface area contributed by atoms with Gasteiger partial charge in [0, 0.05) is 7.11 Å². The van der Waals surface area contributed by atoms with E-state index in [9.17, 15) is 4.79 Å². The van der Waals surface area contributed by atoms with Crippen LogP contribution >= 0.6 is 12.4 Å². The Labute approximate surface area is 124 Å². The molecule has 0 radical (unpaired) electrons. The first-order valence-electron chi connectivity index (χ1n) is 6.06. The molecule has 0 aromatic heterocycles. The maximum atomic E-state index is 11.8. The number of nitrogens with one attached hydrogen (secondary N) is 1. The van der Waals surface area contributed by atoms with E-state index in [1.165, 1.54) is 7.11 Å². The zero-order valence-electron chi connectivity index (χ0n) is 11.4. The van der Waals surface area contributed by atoms with Gasteiger partial charge in [-0.25, -0.2) is 0 Å². The summed E-state index contributed by atoms with van der Waals surface area (Å²) in [7, 11) is 1.51. The predicted octanol–water partition coefficient (Wildman–Crippen LogP) is 0.988. The predicted molar refractivity (Wildman–Crippen MR) is 76.2 cm³/mol. The van der Waals surface area contributed by atoms with Crippen molar-refractivity contribution in [2.24, 2.45) is 5.73 Å². The molecule has 1 aromatic rings. The van der Waals surface area contributed by atoms with Crippen LogP contribution in [-0.2, 0) is 9.53 Å². The number of ether oxygens (including phenoxy) is 3. The number of rotatable bonds is 5. The molecule has 0 saturated carbocycles. The van der Waals surface area contributed by atoms with Gasteiger partial charge < -0.3 is 25.3 Å². The van der Waals surface area contributed by atoms with Crippen molar-refractivity contribution in [3.63, 3.8) is 0 Å². The number of carbonyl (C=O) groups is 1. The Morgan fingerprint density at radius 3 is 2.85 bits per heavy atom. The number of benzene rings is 1. The van der Waals surface area contributed by atoms with Gasteiger partial charge in [-0.3, -0.25) is 4.79 Å². The highest BCUT2D eigenvalue weighted by atomic mass is 35.5. The number of carbonyl (C=O) groups excluding carboxylic acids is 1. The first kappa shape index (κ1) is 16.6. The average molecular weight is 303 g/mol. The fourth-order valence-corrected chi connectivity index (χ4v) is 1.84. The molecule has 2 unspecified atom stereocenters. The quantitative estimate of drug-likeness (QED) is 0.847. The van der Waals surface area contributed by atoms with Crippen molar-refractivity contribution in [2.45, 2.75) is 19.0 Å². The summed E-state index contributed by atoms with van der Waals surface area (Å²) < 4.78 is 15.4. The zero-order valence-corrected chi connectivity index (χ0v) is 12.2. The largest absolute Gasteiger partial charge is 0.454 e. The average Bonchev–Trinajstić information content (AvgIpc) is 2.85. The molecule has 2 rings (SSSR count). The lowest BCUT2D eigenvalue weighted by atomic mass is 10.1. The summed E-state index contributed by atoms with van der Waals surface area (Å²) in [5.74, 6) is 1.17. The second kappa shape index (κ2) is 7.33. The van der Waals surface area contributed by atoms with Crippen LogP contribution < -0.4 is 20.5 Å². The molecule has 0 fully saturated rings.